The van der Waals surface area contributed by atoms with Gasteiger partial charge in [-0.05, 0) is 57.1 Å². The Hall–Kier alpha value is -0.840. The van der Waals surface area contributed by atoms with Crippen molar-refractivity contribution in [3.05, 3.63) is 49.1 Å². The average Bonchev–Trinajstić information content (AvgIpc) is 2.74. The Balaban J connectivity index is 2.54. The van der Waals surface area contributed by atoms with Gasteiger partial charge in [0.05, 0.1) is 13.2 Å². The first-order valence-corrected chi connectivity index (χ1v) is 8.17. The van der Waals surface area contributed by atoms with E-state index in [1.165, 1.54) is 20.9 Å². The summed E-state index contributed by atoms with van der Waals surface area (Å²) in [7, 11) is 3.71. The fourth-order valence-electron chi connectivity index (χ4n) is 2.27. The highest BCUT2D eigenvalue weighted by Gasteiger charge is 2.20. The molecular formula is C16H20BrNOS. The second-order valence-electron chi connectivity index (χ2n) is 4.95. The third kappa shape index (κ3) is 2.92. The molecule has 0 radical (unpaired) electrons. The highest BCUT2D eigenvalue weighted by Crippen LogP contribution is 2.37. The number of ether oxygens (including phenoxy) is 1. The van der Waals surface area contributed by atoms with E-state index in [1.807, 2.05) is 18.4 Å². The summed E-state index contributed by atoms with van der Waals surface area (Å²) in [6, 6.07) is 6.64. The van der Waals surface area contributed by atoms with Crippen molar-refractivity contribution in [2.24, 2.45) is 0 Å². The Bertz CT molecular complexity index is 602. The maximum absolute atomic E-state index is 5.57. The van der Waals surface area contributed by atoms with E-state index in [-0.39, 0.29) is 6.04 Å². The molecule has 4 heteroatoms. The van der Waals surface area contributed by atoms with Crippen LogP contribution < -0.4 is 10.1 Å². The lowest BCUT2D eigenvalue weighted by atomic mass is 10.0. The molecule has 0 fully saturated rings. The lowest BCUT2D eigenvalue weighted by Crippen LogP contribution is -2.17. The van der Waals surface area contributed by atoms with Crippen LogP contribution in [0.5, 0.6) is 5.75 Å². The zero-order valence-corrected chi connectivity index (χ0v) is 14.9. The number of halogens is 1. The van der Waals surface area contributed by atoms with Gasteiger partial charge < -0.3 is 10.1 Å². The second kappa shape index (κ2) is 6.29. The molecule has 0 aliphatic heterocycles. The van der Waals surface area contributed by atoms with Crippen LogP contribution in [0.15, 0.2) is 22.7 Å². The van der Waals surface area contributed by atoms with E-state index in [0.717, 1.165) is 15.8 Å². The molecule has 0 saturated heterocycles. The van der Waals surface area contributed by atoms with Gasteiger partial charge in [0.25, 0.3) is 0 Å². The standard InChI is InChI=1S/C16H20BrNOS/c1-9-7-15(20-11(9)3)16(18-4)12-8-13(17)10(2)6-14(12)19-5/h6-8,16,18H,1-5H3. The van der Waals surface area contributed by atoms with Gasteiger partial charge in [-0.15, -0.1) is 11.3 Å². The number of benzene rings is 1. The van der Waals surface area contributed by atoms with Crippen LogP contribution in [0, 0.1) is 20.8 Å². The van der Waals surface area contributed by atoms with Gasteiger partial charge in [0.2, 0.25) is 0 Å². The molecule has 0 bridgehead atoms. The van der Waals surface area contributed by atoms with Crippen LogP contribution in [0.1, 0.15) is 32.5 Å². The zero-order chi connectivity index (χ0) is 14.9. The fourth-order valence-corrected chi connectivity index (χ4v) is 3.80. The molecule has 20 heavy (non-hydrogen) atoms. The van der Waals surface area contributed by atoms with Crippen molar-refractivity contribution >= 4 is 27.3 Å². The van der Waals surface area contributed by atoms with Crippen molar-refractivity contribution < 1.29 is 4.74 Å². The molecular weight excluding hydrogens is 334 g/mol. The Morgan fingerprint density at radius 1 is 1.15 bits per heavy atom. The third-order valence-electron chi connectivity index (χ3n) is 3.58. The first kappa shape index (κ1) is 15.5. The SMILES string of the molecule is CNC(c1cc(C)c(C)s1)c1cc(Br)c(C)cc1OC. The van der Waals surface area contributed by atoms with Gasteiger partial charge in [0, 0.05) is 19.8 Å². The van der Waals surface area contributed by atoms with Crippen molar-refractivity contribution in [2.75, 3.05) is 14.2 Å². The van der Waals surface area contributed by atoms with E-state index in [2.05, 4.69) is 60.2 Å². The van der Waals surface area contributed by atoms with Crippen LogP contribution >= 0.6 is 27.3 Å². The minimum absolute atomic E-state index is 0.152. The van der Waals surface area contributed by atoms with Crippen molar-refractivity contribution in [2.45, 2.75) is 26.8 Å². The summed E-state index contributed by atoms with van der Waals surface area (Å²) in [5, 5.41) is 3.41. The van der Waals surface area contributed by atoms with E-state index >= 15 is 0 Å². The number of thiophene rings is 1. The topological polar surface area (TPSA) is 21.3 Å². The van der Waals surface area contributed by atoms with Crippen molar-refractivity contribution in [1.29, 1.82) is 0 Å². The average molecular weight is 354 g/mol. The number of hydrogen-bond donors (Lipinski definition) is 1. The Kier molecular flexibility index (Phi) is 4.89. The summed E-state index contributed by atoms with van der Waals surface area (Å²) in [5.41, 5.74) is 3.68. The highest BCUT2D eigenvalue weighted by molar-refractivity contribution is 9.10. The van der Waals surface area contributed by atoms with Gasteiger partial charge in [-0.3, -0.25) is 0 Å². The number of aryl methyl sites for hydroxylation is 3. The Morgan fingerprint density at radius 3 is 2.35 bits per heavy atom. The maximum Gasteiger partial charge on any atom is 0.124 e. The minimum atomic E-state index is 0.152. The maximum atomic E-state index is 5.57. The fraction of sp³-hybridized carbons (Fsp3) is 0.375. The predicted octanol–water partition coefficient (Wildman–Crippen LogP) is 4.75. The van der Waals surface area contributed by atoms with Crippen LogP contribution in [0.4, 0.5) is 0 Å². The number of rotatable bonds is 4. The Morgan fingerprint density at radius 2 is 1.85 bits per heavy atom. The molecule has 1 aromatic carbocycles. The Labute approximate surface area is 133 Å². The van der Waals surface area contributed by atoms with Crippen LogP contribution in [-0.4, -0.2) is 14.2 Å². The normalized spacial score (nSPS) is 12.5. The van der Waals surface area contributed by atoms with Crippen molar-refractivity contribution in [1.82, 2.24) is 5.32 Å². The number of hydrogen-bond acceptors (Lipinski definition) is 3. The lowest BCUT2D eigenvalue weighted by Gasteiger charge is -2.19. The monoisotopic (exact) mass is 353 g/mol. The molecule has 1 aromatic heterocycles. The second-order valence-corrected chi connectivity index (χ2v) is 7.10. The summed E-state index contributed by atoms with van der Waals surface area (Å²) in [6.07, 6.45) is 0. The molecule has 2 rings (SSSR count). The molecule has 108 valence electrons. The van der Waals surface area contributed by atoms with Crippen molar-refractivity contribution in [3.8, 4) is 5.75 Å². The molecule has 1 N–H and O–H groups in total. The minimum Gasteiger partial charge on any atom is -0.496 e. The lowest BCUT2D eigenvalue weighted by molar-refractivity contribution is 0.405. The van der Waals surface area contributed by atoms with E-state index in [9.17, 15) is 0 Å². The van der Waals surface area contributed by atoms with Crippen LogP contribution in [0.3, 0.4) is 0 Å². The molecule has 0 spiro atoms. The molecule has 2 aromatic rings. The van der Waals surface area contributed by atoms with E-state index in [0.29, 0.717) is 0 Å². The quantitative estimate of drug-likeness (QED) is 0.855. The van der Waals surface area contributed by atoms with Gasteiger partial charge in [-0.2, -0.15) is 0 Å². The first-order chi connectivity index (χ1) is 9.47. The predicted molar refractivity (Wildman–Crippen MR) is 90.1 cm³/mol. The first-order valence-electron chi connectivity index (χ1n) is 6.56. The highest BCUT2D eigenvalue weighted by atomic mass is 79.9. The molecule has 0 amide bonds. The molecule has 1 atom stereocenters. The van der Waals surface area contributed by atoms with Crippen LogP contribution in [0.2, 0.25) is 0 Å². The number of methoxy groups -OCH3 is 1. The van der Waals surface area contributed by atoms with E-state index in [4.69, 9.17) is 4.74 Å². The molecule has 0 aliphatic rings. The summed E-state index contributed by atoms with van der Waals surface area (Å²) in [6.45, 7) is 6.40. The summed E-state index contributed by atoms with van der Waals surface area (Å²) < 4.78 is 6.68. The summed E-state index contributed by atoms with van der Waals surface area (Å²) in [4.78, 5) is 2.68. The number of nitrogens with one attached hydrogen (secondary N) is 1. The third-order valence-corrected chi connectivity index (χ3v) is 5.65. The molecule has 2 nitrogen and oxygen atoms in total. The van der Waals surface area contributed by atoms with E-state index in [1.54, 1.807) is 7.11 Å². The molecule has 0 aliphatic carbocycles. The zero-order valence-electron chi connectivity index (χ0n) is 12.5. The molecule has 0 saturated carbocycles. The van der Waals surface area contributed by atoms with Gasteiger partial charge in [-0.1, -0.05) is 15.9 Å². The van der Waals surface area contributed by atoms with Crippen molar-refractivity contribution in [3.63, 3.8) is 0 Å². The van der Waals surface area contributed by atoms with Crippen LogP contribution in [-0.2, 0) is 0 Å². The van der Waals surface area contributed by atoms with Gasteiger partial charge in [-0.25, -0.2) is 0 Å². The van der Waals surface area contributed by atoms with Gasteiger partial charge in [0.1, 0.15) is 5.75 Å². The molecule has 1 heterocycles. The van der Waals surface area contributed by atoms with Gasteiger partial charge >= 0.3 is 0 Å². The smallest absolute Gasteiger partial charge is 0.124 e. The largest absolute Gasteiger partial charge is 0.496 e. The summed E-state index contributed by atoms with van der Waals surface area (Å²) in [5.74, 6) is 0.925. The van der Waals surface area contributed by atoms with Gasteiger partial charge in [0.15, 0.2) is 0 Å². The molecule has 1 unspecified atom stereocenters. The van der Waals surface area contributed by atoms with E-state index < -0.39 is 0 Å². The van der Waals surface area contributed by atoms with Crippen LogP contribution in [0.25, 0.3) is 0 Å². The summed E-state index contributed by atoms with van der Waals surface area (Å²) >= 11 is 5.46.